The summed E-state index contributed by atoms with van der Waals surface area (Å²) in [5.74, 6) is -0.183. The molecule has 0 aliphatic carbocycles. The third-order valence-electron chi connectivity index (χ3n) is 2.50. The number of nitrogens with one attached hydrogen (secondary N) is 2. The van der Waals surface area contributed by atoms with E-state index in [4.69, 9.17) is 5.73 Å². The molecule has 0 aliphatic heterocycles. The number of hydrogen-bond donors (Lipinski definition) is 3. The Bertz CT molecular complexity index is 555. The fourth-order valence-electron chi connectivity index (χ4n) is 1.58. The maximum atomic E-state index is 11.8. The predicted molar refractivity (Wildman–Crippen MR) is 75.4 cm³/mol. The largest absolute Gasteiger partial charge is 0.399 e. The highest BCUT2D eigenvalue weighted by molar-refractivity contribution is 7.88. The molecule has 0 unspecified atom stereocenters. The molecule has 0 aromatic heterocycles. The molecule has 0 atom stereocenters. The number of rotatable bonds is 6. The van der Waals surface area contributed by atoms with Gasteiger partial charge in [-0.05, 0) is 37.1 Å². The average molecular weight is 285 g/mol. The zero-order valence-electron chi connectivity index (χ0n) is 11.1. The van der Waals surface area contributed by atoms with Crippen LogP contribution >= 0.6 is 0 Å². The summed E-state index contributed by atoms with van der Waals surface area (Å²) >= 11 is 0. The molecule has 4 N–H and O–H groups in total. The number of hydrogen-bond acceptors (Lipinski definition) is 4. The van der Waals surface area contributed by atoms with E-state index in [0.717, 1.165) is 11.8 Å². The highest BCUT2D eigenvalue weighted by atomic mass is 32.2. The number of carbonyl (C=O) groups excluding carboxylic acids is 1. The molecular formula is C12H19N3O3S. The summed E-state index contributed by atoms with van der Waals surface area (Å²) in [5, 5.41) is 2.73. The van der Waals surface area contributed by atoms with Crippen molar-refractivity contribution in [3.05, 3.63) is 29.3 Å². The summed E-state index contributed by atoms with van der Waals surface area (Å²) in [7, 11) is -3.17. The highest BCUT2D eigenvalue weighted by Gasteiger charge is 2.08. The molecule has 0 saturated carbocycles. The number of nitrogens with two attached hydrogens (primary N) is 1. The van der Waals surface area contributed by atoms with Crippen molar-refractivity contribution in [3.63, 3.8) is 0 Å². The number of benzene rings is 1. The minimum atomic E-state index is -3.17. The van der Waals surface area contributed by atoms with Gasteiger partial charge in [0, 0.05) is 24.3 Å². The zero-order chi connectivity index (χ0) is 14.5. The topological polar surface area (TPSA) is 101 Å². The van der Waals surface area contributed by atoms with Crippen LogP contribution in [-0.4, -0.2) is 33.7 Å². The van der Waals surface area contributed by atoms with Crippen molar-refractivity contribution in [2.75, 3.05) is 25.1 Å². The van der Waals surface area contributed by atoms with Crippen LogP contribution in [0.1, 0.15) is 22.3 Å². The molecule has 7 heteroatoms. The zero-order valence-corrected chi connectivity index (χ0v) is 11.9. The molecule has 106 valence electrons. The van der Waals surface area contributed by atoms with Crippen molar-refractivity contribution >= 4 is 21.6 Å². The van der Waals surface area contributed by atoms with Crippen LogP contribution in [0.3, 0.4) is 0 Å². The number of amides is 1. The van der Waals surface area contributed by atoms with Gasteiger partial charge in [-0.25, -0.2) is 13.1 Å². The third kappa shape index (κ3) is 5.71. The van der Waals surface area contributed by atoms with Crippen LogP contribution in [0.25, 0.3) is 0 Å². The average Bonchev–Trinajstić information content (AvgIpc) is 2.26. The Balaban J connectivity index is 2.39. The Morgan fingerprint density at radius 1 is 1.32 bits per heavy atom. The Kier molecular flexibility index (Phi) is 5.31. The quantitative estimate of drug-likeness (QED) is 0.515. The van der Waals surface area contributed by atoms with Gasteiger partial charge in [-0.1, -0.05) is 0 Å². The predicted octanol–water partition coefficient (Wildman–Crippen LogP) is 0.246. The van der Waals surface area contributed by atoms with E-state index in [9.17, 15) is 13.2 Å². The summed E-state index contributed by atoms with van der Waals surface area (Å²) < 4.78 is 24.0. The molecule has 0 heterocycles. The number of nitrogen functional groups attached to an aromatic ring is 1. The second-order valence-corrected chi connectivity index (χ2v) is 6.18. The molecule has 19 heavy (non-hydrogen) atoms. The Morgan fingerprint density at radius 2 is 2.00 bits per heavy atom. The molecule has 0 radical (unpaired) electrons. The molecule has 1 aromatic carbocycles. The maximum absolute atomic E-state index is 11.8. The van der Waals surface area contributed by atoms with Gasteiger partial charge in [0.2, 0.25) is 10.0 Å². The standard InChI is InChI=1S/C12H19N3O3S/c1-9-8-10(13)4-5-11(9)12(16)14-6-3-7-15-19(2,17)18/h4-5,8,15H,3,6-7,13H2,1-2H3,(H,14,16). The van der Waals surface area contributed by atoms with Crippen LogP contribution in [0.5, 0.6) is 0 Å². The second-order valence-electron chi connectivity index (χ2n) is 4.35. The first-order chi connectivity index (χ1) is 8.79. The van der Waals surface area contributed by atoms with Gasteiger partial charge in [-0.3, -0.25) is 4.79 Å². The van der Waals surface area contributed by atoms with Gasteiger partial charge >= 0.3 is 0 Å². The Hall–Kier alpha value is -1.60. The minimum absolute atomic E-state index is 0.183. The van der Waals surface area contributed by atoms with E-state index < -0.39 is 10.0 Å². The molecule has 0 spiro atoms. The van der Waals surface area contributed by atoms with Crippen LogP contribution in [-0.2, 0) is 10.0 Å². The van der Waals surface area contributed by atoms with Crippen molar-refractivity contribution in [1.29, 1.82) is 0 Å². The molecule has 0 saturated heterocycles. The van der Waals surface area contributed by atoms with E-state index in [1.807, 2.05) is 6.92 Å². The van der Waals surface area contributed by atoms with Crippen molar-refractivity contribution in [2.24, 2.45) is 0 Å². The first-order valence-electron chi connectivity index (χ1n) is 5.88. The lowest BCUT2D eigenvalue weighted by Crippen LogP contribution is -2.29. The highest BCUT2D eigenvalue weighted by Crippen LogP contribution is 2.12. The summed E-state index contributed by atoms with van der Waals surface area (Å²) in [4.78, 5) is 11.8. The molecule has 6 nitrogen and oxygen atoms in total. The molecule has 1 rings (SSSR count). The maximum Gasteiger partial charge on any atom is 0.251 e. The van der Waals surface area contributed by atoms with E-state index in [1.54, 1.807) is 18.2 Å². The summed E-state index contributed by atoms with van der Waals surface area (Å²) in [6.45, 7) is 2.53. The minimum Gasteiger partial charge on any atom is -0.399 e. The van der Waals surface area contributed by atoms with Crippen LogP contribution < -0.4 is 15.8 Å². The Labute approximate surface area is 113 Å². The van der Waals surface area contributed by atoms with Gasteiger partial charge in [0.15, 0.2) is 0 Å². The summed E-state index contributed by atoms with van der Waals surface area (Å²) in [6, 6.07) is 5.09. The lowest BCUT2D eigenvalue weighted by molar-refractivity contribution is 0.0953. The fraction of sp³-hybridized carbons (Fsp3) is 0.417. The molecule has 0 fully saturated rings. The van der Waals surface area contributed by atoms with E-state index in [0.29, 0.717) is 30.8 Å². The summed E-state index contributed by atoms with van der Waals surface area (Å²) in [6.07, 6.45) is 1.64. The van der Waals surface area contributed by atoms with Crippen LogP contribution in [0.4, 0.5) is 5.69 Å². The van der Waals surface area contributed by atoms with E-state index in [1.165, 1.54) is 0 Å². The van der Waals surface area contributed by atoms with Crippen molar-refractivity contribution in [2.45, 2.75) is 13.3 Å². The van der Waals surface area contributed by atoms with E-state index in [-0.39, 0.29) is 5.91 Å². The number of aryl methyl sites for hydroxylation is 1. The molecular weight excluding hydrogens is 266 g/mol. The summed E-state index contributed by atoms with van der Waals surface area (Å²) in [5.41, 5.74) is 7.61. The van der Waals surface area contributed by atoms with Gasteiger partial charge in [0.25, 0.3) is 5.91 Å². The van der Waals surface area contributed by atoms with Gasteiger partial charge < -0.3 is 11.1 Å². The molecule has 1 amide bonds. The monoisotopic (exact) mass is 285 g/mol. The van der Waals surface area contributed by atoms with Crippen LogP contribution in [0, 0.1) is 6.92 Å². The number of sulfonamides is 1. The SMILES string of the molecule is Cc1cc(N)ccc1C(=O)NCCCNS(C)(=O)=O. The lowest BCUT2D eigenvalue weighted by atomic mass is 10.1. The number of anilines is 1. The van der Waals surface area contributed by atoms with Crippen molar-refractivity contribution in [1.82, 2.24) is 10.0 Å². The van der Waals surface area contributed by atoms with E-state index >= 15 is 0 Å². The van der Waals surface area contributed by atoms with Crippen molar-refractivity contribution < 1.29 is 13.2 Å². The normalized spacial score (nSPS) is 11.3. The van der Waals surface area contributed by atoms with Crippen LogP contribution in [0.15, 0.2) is 18.2 Å². The van der Waals surface area contributed by atoms with E-state index in [2.05, 4.69) is 10.0 Å². The van der Waals surface area contributed by atoms with Crippen molar-refractivity contribution in [3.8, 4) is 0 Å². The molecule has 1 aromatic rings. The van der Waals surface area contributed by atoms with Gasteiger partial charge in [-0.2, -0.15) is 0 Å². The fourth-order valence-corrected chi connectivity index (χ4v) is 2.10. The van der Waals surface area contributed by atoms with Crippen LogP contribution in [0.2, 0.25) is 0 Å². The molecule has 0 aliphatic rings. The molecule has 0 bridgehead atoms. The second kappa shape index (κ2) is 6.53. The number of carbonyl (C=O) groups is 1. The smallest absolute Gasteiger partial charge is 0.251 e. The first-order valence-corrected chi connectivity index (χ1v) is 7.78. The van der Waals surface area contributed by atoms with Gasteiger partial charge in [0.05, 0.1) is 6.26 Å². The van der Waals surface area contributed by atoms with Gasteiger partial charge in [-0.15, -0.1) is 0 Å². The first kappa shape index (κ1) is 15.5. The van der Waals surface area contributed by atoms with Gasteiger partial charge in [0.1, 0.15) is 0 Å². The third-order valence-corrected chi connectivity index (χ3v) is 3.23. The lowest BCUT2D eigenvalue weighted by Gasteiger charge is -2.08. The Morgan fingerprint density at radius 3 is 2.58 bits per heavy atom.